The maximum Gasteiger partial charge on any atom is 0.221 e. The molecule has 2 heterocycles. The second-order valence-electron chi connectivity index (χ2n) is 6.45. The molecule has 1 aliphatic rings. The molecule has 24 heavy (non-hydrogen) atoms. The standard InChI is InChI=1S/C17H23N3O3S/c1-13-5-4-9-20-12-14(19-17(13)20)11-18-16(21)8-10-24(22,23)15-6-2-3-7-15/h4-5,9,12,15H,2-3,6-8,10-11H2,1H3,(H,18,21). The van der Waals surface area contributed by atoms with Crippen LogP contribution < -0.4 is 5.32 Å². The van der Waals surface area contributed by atoms with E-state index >= 15 is 0 Å². The Morgan fingerprint density at radius 2 is 2.12 bits per heavy atom. The summed E-state index contributed by atoms with van der Waals surface area (Å²) in [6, 6.07) is 3.93. The first kappa shape index (κ1) is 17.0. The van der Waals surface area contributed by atoms with Crippen molar-refractivity contribution in [2.24, 2.45) is 0 Å². The van der Waals surface area contributed by atoms with E-state index in [0.29, 0.717) is 6.54 Å². The van der Waals surface area contributed by atoms with Crippen LogP contribution in [0.5, 0.6) is 0 Å². The zero-order valence-corrected chi connectivity index (χ0v) is 14.7. The van der Waals surface area contributed by atoms with Crippen molar-refractivity contribution in [3.63, 3.8) is 0 Å². The number of hydrogen-bond acceptors (Lipinski definition) is 4. The minimum absolute atomic E-state index is 0.0191. The predicted octanol–water partition coefficient (Wildman–Crippen LogP) is 2.01. The first-order chi connectivity index (χ1) is 11.5. The third kappa shape index (κ3) is 3.77. The quantitative estimate of drug-likeness (QED) is 0.865. The van der Waals surface area contributed by atoms with Gasteiger partial charge in [0.2, 0.25) is 5.91 Å². The molecule has 1 amide bonds. The third-order valence-electron chi connectivity index (χ3n) is 4.62. The number of carbonyl (C=O) groups is 1. The fourth-order valence-corrected chi connectivity index (χ4v) is 5.07. The molecular weight excluding hydrogens is 326 g/mol. The van der Waals surface area contributed by atoms with E-state index in [-0.39, 0.29) is 23.3 Å². The second-order valence-corrected chi connectivity index (χ2v) is 8.86. The molecule has 0 bridgehead atoms. The van der Waals surface area contributed by atoms with E-state index in [1.807, 2.05) is 35.9 Å². The van der Waals surface area contributed by atoms with Gasteiger partial charge < -0.3 is 9.72 Å². The van der Waals surface area contributed by atoms with Gasteiger partial charge in [0, 0.05) is 18.8 Å². The number of carbonyl (C=O) groups excluding carboxylic acids is 1. The highest BCUT2D eigenvalue weighted by atomic mass is 32.2. The largest absolute Gasteiger partial charge is 0.350 e. The van der Waals surface area contributed by atoms with Gasteiger partial charge in [-0.2, -0.15) is 0 Å². The van der Waals surface area contributed by atoms with E-state index in [0.717, 1.165) is 42.6 Å². The van der Waals surface area contributed by atoms with Crippen molar-refractivity contribution in [3.05, 3.63) is 35.8 Å². The number of hydrogen-bond donors (Lipinski definition) is 1. The molecule has 2 aromatic rings. The number of rotatable bonds is 6. The van der Waals surface area contributed by atoms with Crippen LogP contribution >= 0.6 is 0 Å². The second kappa shape index (κ2) is 6.93. The van der Waals surface area contributed by atoms with E-state index in [9.17, 15) is 13.2 Å². The van der Waals surface area contributed by atoms with E-state index in [1.165, 1.54) is 0 Å². The van der Waals surface area contributed by atoms with Crippen molar-refractivity contribution < 1.29 is 13.2 Å². The molecule has 6 nitrogen and oxygen atoms in total. The Labute approximate surface area is 142 Å². The highest BCUT2D eigenvalue weighted by Gasteiger charge is 2.28. The number of nitrogens with one attached hydrogen (secondary N) is 1. The van der Waals surface area contributed by atoms with E-state index in [2.05, 4.69) is 10.3 Å². The summed E-state index contributed by atoms with van der Waals surface area (Å²) in [5.41, 5.74) is 2.69. The Kier molecular flexibility index (Phi) is 4.89. The minimum Gasteiger partial charge on any atom is -0.350 e. The SMILES string of the molecule is Cc1cccn2cc(CNC(=O)CCS(=O)(=O)C3CCCC3)nc12. The van der Waals surface area contributed by atoms with Crippen LogP contribution in [0, 0.1) is 6.92 Å². The zero-order valence-electron chi connectivity index (χ0n) is 13.9. The van der Waals surface area contributed by atoms with Crippen LogP contribution in [0.3, 0.4) is 0 Å². The van der Waals surface area contributed by atoms with Crippen molar-refractivity contribution in [3.8, 4) is 0 Å². The van der Waals surface area contributed by atoms with E-state index < -0.39 is 9.84 Å². The molecule has 0 unspecified atom stereocenters. The Hall–Kier alpha value is -1.89. The van der Waals surface area contributed by atoms with E-state index in [4.69, 9.17) is 0 Å². The number of aryl methyl sites for hydroxylation is 1. The molecule has 0 radical (unpaired) electrons. The number of aromatic nitrogens is 2. The number of pyridine rings is 1. The van der Waals surface area contributed by atoms with Gasteiger partial charge in [0.25, 0.3) is 0 Å². The molecule has 3 rings (SSSR count). The van der Waals surface area contributed by atoms with Crippen molar-refractivity contribution in [2.45, 2.75) is 50.8 Å². The average Bonchev–Trinajstić information content (AvgIpc) is 3.21. The Morgan fingerprint density at radius 3 is 2.83 bits per heavy atom. The lowest BCUT2D eigenvalue weighted by Crippen LogP contribution is -2.28. The molecule has 0 saturated heterocycles. The summed E-state index contributed by atoms with van der Waals surface area (Å²) < 4.78 is 26.3. The van der Waals surface area contributed by atoms with Crippen molar-refractivity contribution in [1.29, 1.82) is 0 Å². The first-order valence-electron chi connectivity index (χ1n) is 8.37. The third-order valence-corrected chi connectivity index (χ3v) is 6.88. The first-order valence-corrected chi connectivity index (χ1v) is 10.1. The fourth-order valence-electron chi connectivity index (χ4n) is 3.22. The molecular formula is C17H23N3O3S. The van der Waals surface area contributed by atoms with Crippen LogP contribution in [0.1, 0.15) is 43.4 Å². The summed E-state index contributed by atoms with van der Waals surface area (Å²) in [5, 5.41) is 2.52. The van der Waals surface area contributed by atoms with E-state index in [1.54, 1.807) is 0 Å². The maximum atomic E-state index is 12.2. The van der Waals surface area contributed by atoms with Gasteiger partial charge >= 0.3 is 0 Å². The highest BCUT2D eigenvalue weighted by molar-refractivity contribution is 7.92. The molecule has 1 saturated carbocycles. The van der Waals surface area contributed by atoms with Crippen LogP contribution in [0.2, 0.25) is 0 Å². The molecule has 1 fully saturated rings. The molecule has 130 valence electrons. The summed E-state index contributed by atoms with van der Waals surface area (Å²) in [7, 11) is -3.14. The maximum absolute atomic E-state index is 12.2. The smallest absolute Gasteiger partial charge is 0.221 e. The number of imidazole rings is 1. The molecule has 1 N–H and O–H groups in total. The predicted molar refractivity (Wildman–Crippen MR) is 92.4 cm³/mol. The van der Waals surface area contributed by atoms with Gasteiger partial charge in [0.15, 0.2) is 9.84 Å². The lowest BCUT2D eigenvalue weighted by Gasteiger charge is -2.10. The minimum atomic E-state index is -3.14. The number of amides is 1. The molecule has 2 aromatic heterocycles. The van der Waals surface area contributed by atoms with Gasteiger partial charge in [-0.3, -0.25) is 4.79 Å². The number of fused-ring (bicyclic) bond motifs is 1. The lowest BCUT2D eigenvalue weighted by atomic mass is 10.3. The van der Waals surface area contributed by atoms with Gasteiger partial charge in [0.05, 0.1) is 23.2 Å². The molecule has 0 aromatic carbocycles. The van der Waals surface area contributed by atoms with Crippen molar-refractivity contribution in [1.82, 2.24) is 14.7 Å². The molecule has 0 aliphatic heterocycles. The van der Waals surface area contributed by atoms with Gasteiger partial charge in [-0.1, -0.05) is 18.9 Å². The molecule has 7 heteroatoms. The summed E-state index contributed by atoms with van der Waals surface area (Å²) >= 11 is 0. The van der Waals surface area contributed by atoms with Crippen LogP contribution in [0.25, 0.3) is 5.65 Å². The summed E-state index contributed by atoms with van der Waals surface area (Å²) in [6.45, 7) is 2.29. The zero-order chi connectivity index (χ0) is 17.2. The lowest BCUT2D eigenvalue weighted by molar-refractivity contribution is -0.120. The molecule has 0 atom stereocenters. The van der Waals surface area contributed by atoms with Crippen LogP contribution in [-0.2, 0) is 21.2 Å². The Bertz CT molecular complexity index is 836. The molecule has 1 aliphatic carbocycles. The fraction of sp³-hybridized carbons (Fsp3) is 0.529. The van der Waals surface area contributed by atoms with Crippen LogP contribution in [0.4, 0.5) is 0 Å². The molecule has 0 spiro atoms. The van der Waals surface area contributed by atoms with Gasteiger partial charge in [-0.05, 0) is 31.4 Å². The van der Waals surface area contributed by atoms with Gasteiger partial charge in [-0.15, -0.1) is 0 Å². The Morgan fingerprint density at radius 1 is 1.38 bits per heavy atom. The highest BCUT2D eigenvalue weighted by Crippen LogP contribution is 2.25. The summed E-state index contributed by atoms with van der Waals surface area (Å²) in [4.78, 5) is 16.4. The van der Waals surface area contributed by atoms with Gasteiger partial charge in [0.1, 0.15) is 5.65 Å². The number of nitrogens with zero attached hydrogens (tertiary/aromatic N) is 2. The number of sulfone groups is 1. The normalized spacial score (nSPS) is 15.9. The monoisotopic (exact) mass is 349 g/mol. The summed E-state index contributed by atoms with van der Waals surface area (Å²) in [5.74, 6) is -0.307. The van der Waals surface area contributed by atoms with Crippen LogP contribution in [0.15, 0.2) is 24.5 Å². The Balaban J connectivity index is 1.52. The average molecular weight is 349 g/mol. The van der Waals surface area contributed by atoms with Crippen molar-refractivity contribution in [2.75, 3.05) is 5.75 Å². The van der Waals surface area contributed by atoms with Crippen molar-refractivity contribution >= 4 is 21.4 Å². The van der Waals surface area contributed by atoms with Crippen LogP contribution in [-0.4, -0.2) is 34.7 Å². The topological polar surface area (TPSA) is 80.5 Å². The van der Waals surface area contributed by atoms with Gasteiger partial charge in [-0.25, -0.2) is 13.4 Å². The summed E-state index contributed by atoms with van der Waals surface area (Å²) in [6.07, 6.45) is 7.24.